The van der Waals surface area contributed by atoms with E-state index in [1.165, 1.54) is 24.3 Å². The molecule has 6 nitrogen and oxygen atoms in total. The lowest BCUT2D eigenvalue weighted by molar-refractivity contribution is -0.154. The third-order valence-electron chi connectivity index (χ3n) is 4.25. The summed E-state index contributed by atoms with van der Waals surface area (Å²) in [4.78, 5) is 15.6. The van der Waals surface area contributed by atoms with Crippen molar-refractivity contribution in [1.82, 2.24) is 4.98 Å². The van der Waals surface area contributed by atoms with Crippen molar-refractivity contribution >= 4 is 17.6 Å². The first-order valence-corrected chi connectivity index (χ1v) is 9.55. The van der Waals surface area contributed by atoms with E-state index in [9.17, 15) is 18.0 Å². The van der Waals surface area contributed by atoms with Crippen molar-refractivity contribution in [2.75, 3.05) is 13.2 Å². The van der Waals surface area contributed by atoms with Crippen LogP contribution in [0.4, 0.5) is 13.2 Å². The summed E-state index contributed by atoms with van der Waals surface area (Å²) >= 11 is 5.82. The molecule has 1 aliphatic heterocycles. The number of rotatable bonds is 7. The lowest BCUT2D eigenvalue weighted by atomic mass is 10.2. The van der Waals surface area contributed by atoms with E-state index >= 15 is 0 Å². The molecule has 2 heterocycles. The first-order valence-electron chi connectivity index (χ1n) is 9.18. The molecule has 0 amide bonds. The molecule has 2 aromatic rings. The van der Waals surface area contributed by atoms with Crippen LogP contribution in [0.15, 0.2) is 36.5 Å². The standard InChI is InChI=1S/C20H19ClF3NO5/c1-12(19(26)28-11-16-3-2-8-27-16)29-14-4-6-15(7-5-14)30-18-17(21)9-13(10-25-18)20(22,23)24/h4-7,9-10,12,16H,2-3,8,11H2,1H3. The van der Waals surface area contributed by atoms with E-state index in [4.69, 9.17) is 30.5 Å². The highest BCUT2D eigenvalue weighted by Gasteiger charge is 2.31. The molecule has 1 aromatic heterocycles. The lowest BCUT2D eigenvalue weighted by Gasteiger charge is -2.16. The highest BCUT2D eigenvalue weighted by Crippen LogP contribution is 2.34. The van der Waals surface area contributed by atoms with Crippen LogP contribution in [0.25, 0.3) is 0 Å². The predicted octanol–water partition coefficient (Wildman–Crippen LogP) is 5.04. The quantitative estimate of drug-likeness (QED) is 0.556. The molecule has 10 heteroatoms. The Morgan fingerprint density at radius 2 is 2.00 bits per heavy atom. The highest BCUT2D eigenvalue weighted by molar-refractivity contribution is 6.31. The van der Waals surface area contributed by atoms with Crippen LogP contribution < -0.4 is 9.47 Å². The maximum absolute atomic E-state index is 12.7. The molecule has 0 aliphatic carbocycles. The van der Waals surface area contributed by atoms with Gasteiger partial charge in [-0.2, -0.15) is 13.2 Å². The number of hydrogen-bond acceptors (Lipinski definition) is 6. The van der Waals surface area contributed by atoms with Crippen LogP contribution in [-0.4, -0.2) is 36.4 Å². The fourth-order valence-corrected chi connectivity index (χ4v) is 2.88. The zero-order chi connectivity index (χ0) is 21.7. The minimum absolute atomic E-state index is 0.0665. The minimum Gasteiger partial charge on any atom is -0.479 e. The smallest absolute Gasteiger partial charge is 0.417 e. The van der Waals surface area contributed by atoms with E-state index in [0.29, 0.717) is 18.6 Å². The Bertz CT molecular complexity index is 870. The summed E-state index contributed by atoms with van der Waals surface area (Å²) in [5.74, 6) is -0.00325. The second kappa shape index (κ2) is 9.53. The SMILES string of the molecule is CC(Oc1ccc(Oc2ncc(C(F)(F)F)cc2Cl)cc1)C(=O)OCC1CCCO1. The van der Waals surface area contributed by atoms with E-state index in [1.807, 2.05) is 0 Å². The maximum Gasteiger partial charge on any atom is 0.417 e. The number of benzene rings is 1. The van der Waals surface area contributed by atoms with Gasteiger partial charge in [0.15, 0.2) is 6.10 Å². The van der Waals surface area contributed by atoms with Gasteiger partial charge >= 0.3 is 12.1 Å². The predicted molar refractivity (Wildman–Crippen MR) is 101 cm³/mol. The molecule has 1 fully saturated rings. The van der Waals surface area contributed by atoms with Crippen molar-refractivity contribution in [3.05, 3.63) is 47.1 Å². The van der Waals surface area contributed by atoms with Crippen LogP contribution in [-0.2, 0) is 20.4 Å². The Balaban J connectivity index is 1.53. The number of alkyl halides is 3. The van der Waals surface area contributed by atoms with Gasteiger partial charge in [0.2, 0.25) is 5.88 Å². The van der Waals surface area contributed by atoms with Crippen molar-refractivity contribution in [3.8, 4) is 17.4 Å². The second-order valence-corrected chi connectivity index (χ2v) is 7.01. The van der Waals surface area contributed by atoms with Crippen LogP contribution in [0.2, 0.25) is 5.02 Å². The molecule has 0 radical (unpaired) electrons. The summed E-state index contributed by atoms with van der Waals surface area (Å²) in [6.07, 6.45) is -2.98. The molecular weight excluding hydrogens is 427 g/mol. The third kappa shape index (κ3) is 5.99. The Kier molecular flexibility index (Phi) is 7.04. The highest BCUT2D eigenvalue weighted by atomic mass is 35.5. The molecule has 0 saturated carbocycles. The first-order chi connectivity index (χ1) is 14.2. The Hall–Kier alpha value is -2.52. The first kappa shape index (κ1) is 22.2. The molecular formula is C20H19ClF3NO5. The molecule has 1 aliphatic rings. The van der Waals surface area contributed by atoms with Crippen LogP contribution in [0, 0.1) is 0 Å². The number of carbonyl (C=O) groups excluding carboxylic acids is 1. The fourth-order valence-electron chi connectivity index (χ4n) is 2.67. The van der Waals surface area contributed by atoms with E-state index in [1.54, 1.807) is 6.92 Å². The zero-order valence-corrected chi connectivity index (χ0v) is 16.7. The lowest BCUT2D eigenvalue weighted by Crippen LogP contribution is -2.29. The van der Waals surface area contributed by atoms with Gasteiger partial charge in [0.25, 0.3) is 0 Å². The average Bonchev–Trinajstić information content (AvgIpc) is 3.22. The van der Waals surface area contributed by atoms with Crippen molar-refractivity contribution in [2.45, 2.75) is 38.1 Å². The van der Waals surface area contributed by atoms with Gasteiger partial charge in [0.05, 0.1) is 11.7 Å². The minimum atomic E-state index is -4.55. The summed E-state index contributed by atoms with van der Waals surface area (Å²) < 4.78 is 59.5. The molecule has 1 saturated heterocycles. The number of ether oxygens (including phenoxy) is 4. The summed E-state index contributed by atoms with van der Waals surface area (Å²) in [6.45, 7) is 2.43. The van der Waals surface area contributed by atoms with Crippen molar-refractivity contribution < 1.29 is 36.9 Å². The fraction of sp³-hybridized carbons (Fsp3) is 0.400. The summed E-state index contributed by atoms with van der Waals surface area (Å²) in [6, 6.07) is 6.84. The molecule has 3 rings (SSSR count). The van der Waals surface area contributed by atoms with Gasteiger partial charge in [-0.1, -0.05) is 11.6 Å². The van der Waals surface area contributed by atoms with Gasteiger partial charge in [-0.25, -0.2) is 9.78 Å². The van der Waals surface area contributed by atoms with E-state index in [-0.39, 0.29) is 29.4 Å². The van der Waals surface area contributed by atoms with Gasteiger partial charge in [-0.05, 0) is 50.1 Å². The molecule has 30 heavy (non-hydrogen) atoms. The van der Waals surface area contributed by atoms with Gasteiger partial charge in [0, 0.05) is 12.8 Å². The Morgan fingerprint density at radius 1 is 1.30 bits per heavy atom. The molecule has 2 unspecified atom stereocenters. The molecule has 0 N–H and O–H groups in total. The molecule has 0 spiro atoms. The van der Waals surface area contributed by atoms with Crippen molar-refractivity contribution in [1.29, 1.82) is 0 Å². The summed E-state index contributed by atoms with van der Waals surface area (Å²) in [7, 11) is 0. The van der Waals surface area contributed by atoms with E-state index < -0.39 is 23.8 Å². The summed E-state index contributed by atoms with van der Waals surface area (Å²) in [5, 5.41) is -0.271. The van der Waals surface area contributed by atoms with Gasteiger partial charge < -0.3 is 18.9 Å². The molecule has 2 atom stereocenters. The number of nitrogens with zero attached hydrogens (tertiary/aromatic N) is 1. The monoisotopic (exact) mass is 445 g/mol. The molecule has 0 bridgehead atoms. The third-order valence-corrected chi connectivity index (χ3v) is 4.52. The van der Waals surface area contributed by atoms with Gasteiger partial charge in [0.1, 0.15) is 23.1 Å². The van der Waals surface area contributed by atoms with Gasteiger partial charge in [-0.3, -0.25) is 0 Å². The maximum atomic E-state index is 12.7. The number of aromatic nitrogens is 1. The van der Waals surface area contributed by atoms with Gasteiger partial charge in [-0.15, -0.1) is 0 Å². The normalized spacial score (nSPS) is 17.4. The van der Waals surface area contributed by atoms with Crippen molar-refractivity contribution in [3.63, 3.8) is 0 Å². The van der Waals surface area contributed by atoms with Crippen LogP contribution in [0.5, 0.6) is 17.4 Å². The number of esters is 1. The average molecular weight is 446 g/mol. The largest absolute Gasteiger partial charge is 0.479 e. The van der Waals surface area contributed by atoms with Crippen molar-refractivity contribution in [2.24, 2.45) is 0 Å². The molecule has 1 aromatic carbocycles. The van der Waals surface area contributed by atoms with Crippen LogP contribution >= 0.6 is 11.6 Å². The van der Waals surface area contributed by atoms with E-state index in [2.05, 4.69) is 4.98 Å². The number of hydrogen-bond donors (Lipinski definition) is 0. The second-order valence-electron chi connectivity index (χ2n) is 6.61. The van der Waals surface area contributed by atoms with Crippen LogP contribution in [0.1, 0.15) is 25.3 Å². The number of pyridine rings is 1. The topological polar surface area (TPSA) is 66.9 Å². The number of carbonyl (C=O) groups is 1. The zero-order valence-electron chi connectivity index (χ0n) is 15.9. The Labute approximate surface area is 175 Å². The molecule has 162 valence electrons. The Morgan fingerprint density at radius 3 is 2.60 bits per heavy atom. The van der Waals surface area contributed by atoms with E-state index in [0.717, 1.165) is 18.9 Å². The number of halogens is 4. The van der Waals surface area contributed by atoms with Crippen LogP contribution in [0.3, 0.4) is 0 Å². The summed E-state index contributed by atoms with van der Waals surface area (Å²) in [5.41, 5.74) is -0.969.